The first-order valence-corrected chi connectivity index (χ1v) is 17.7. The Labute approximate surface area is 265 Å². The van der Waals surface area contributed by atoms with Crippen molar-refractivity contribution in [3.63, 3.8) is 0 Å². The normalized spacial score (nSPS) is 21.8. The molecular weight excluding hydrogens is 595 g/mol. The predicted octanol–water partition coefficient (Wildman–Crippen LogP) is 6.53. The molecule has 11 heteroatoms. The number of aromatic nitrogens is 1. The number of sulfonamides is 1. The van der Waals surface area contributed by atoms with Crippen molar-refractivity contribution in [2.45, 2.75) is 107 Å². The van der Waals surface area contributed by atoms with E-state index in [9.17, 15) is 13.2 Å². The zero-order valence-corrected chi connectivity index (χ0v) is 28.0. The number of hydrogen-bond acceptors (Lipinski definition) is 8. The summed E-state index contributed by atoms with van der Waals surface area (Å²) < 4.78 is 36.2. The molecule has 0 saturated heterocycles. The maximum Gasteiger partial charge on any atom is 0.407 e. The second kappa shape index (κ2) is 12.8. The SMILES string of the molecule is CC(C)NC(=O)OC12CCC(c3ncc(-c4ccc(NCNCc5ccccc5)cc4S(=O)(=O)NC(C)(C)C)s3)(CC1)CC2. The third-order valence-electron chi connectivity index (χ3n) is 8.42. The maximum absolute atomic E-state index is 13.7. The van der Waals surface area contributed by atoms with E-state index in [2.05, 4.69) is 32.8 Å². The Balaban J connectivity index is 1.34. The lowest BCUT2D eigenvalue weighted by atomic mass is 9.59. The number of hydrogen-bond donors (Lipinski definition) is 4. The van der Waals surface area contributed by atoms with Crippen molar-refractivity contribution >= 4 is 33.1 Å². The highest BCUT2D eigenvalue weighted by molar-refractivity contribution is 7.89. The Kier molecular flexibility index (Phi) is 9.42. The van der Waals surface area contributed by atoms with E-state index in [0.29, 0.717) is 24.5 Å². The van der Waals surface area contributed by atoms with Crippen LogP contribution in [0.2, 0.25) is 0 Å². The Bertz CT molecular complexity index is 1540. The second-order valence-corrected chi connectivity index (χ2v) is 16.2. The molecule has 9 nitrogen and oxygen atoms in total. The van der Waals surface area contributed by atoms with Gasteiger partial charge in [-0.05, 0) is 90.8 Å². The van der Waals surface area contributed by atoms with Gasteiger partial charge in [0.1, 0.15) is 5.60 Å². The summed E-state index contributed by atoms with van der Waals surface area (Å²) in [6.45, 7) is 10.6. The molecule has 2 bridgehead atoms. The van der Waals surface area contributed by atoms with E-state index < -0.39 is 21.2 Å². The van der Waals surface area contributed by atoms with Crippen LogP contribution in [0.1, 0.15) is 83.7 Å². The largest absolute Gasteiger partial charge is 0.443 e. The van der Waals surface area contributed by atoms with Gasteiger partial charge in [-0.15, -0.1) is 11.3 Å². The van der Waals surface area contributed by atoms with Crippen LogP contribution in [0, 0.1) is 0 Å². The third-order valence-corrected chi connectivity index (χ3v) is 11.5. The van der Waals surface area contributed by atoms with E-state index in [1.54, 1.807) is 17.4 Å². The highest BCUT2D eigenvalue weighted by atomic mass is 32.2. The summed E-state index contributed by atoms with van der Waals surface area (Å²) >= 11 is 1.58. The number of benzene rings is 2. The number of thiazole rings is 1. The Morgan fingerprint density at radius 3 is 2.34 bits per heavy atom. The average molecular weight is 640 g/mol. The highest BCUT2D eigenvalue weighted by Gasteiger charge is 2.53. The number of ether oxygens (including phenoxy) is 1. The van der Waals surface area contributed by atoms with Gasteiger partial charge in [0.25, 0.3) is 0 Å². The van der Waals surface area contributed by atoms with Gasteiger partial charge in [0.2, 0.25) is 10.0 Å². The number of rotatable bonds is 11. The average Bonchev–Trinajstić information content (AvgIpc) is 3.46. The number of nitrogens with one attached hydrogen (secondary N) is 4. The molecule has 6 rings (SSSR count). The molecule has 4 N–H and O–H groups in total. The number of carbonyl (C=O) groups is 1. The topological polar surface area (TPSA) is 121 Å². The molecule has 0 atom stereocenters. The molecule has 238 valence electrons. The standard InChI is InChI=1S/C33H45N5O4S2/c1-23(2)37-30(39)42-33-16-13-32(14-17-33,15-18-33)29-35-21-27(43-29)26-12-11-25(19-28(26)44(40,41)38-31(3,4)5)36-22-34-20-24-9-7-6-8-10-24/h6-12,19,21,23,34,36,38H,13-18,20,22H2,1-5H3,(H,37,39). The van der Waals surface area contributed by atoms with Gasteiger partial charge in [-0.3, -0.25) is 5.32 Å². The van der Waals surface area contributed by atoms with Crippen molar-refractivity contribution in [1.29, 1.82) is 0 Å². The highest BCUT2D eigenvalue weighted by Crippen LogP contribution is 2.56. The minimum Gasteiger partial charge on any atom is -0.443 e. The summed E-state index contributed by atoms with van der Waals surface area (Å²) in [6, 6.07) is 15.7. The van der Waals surface area contributed by atoms with E-state index in [-0.39, 0.29) is 22.4 Å². The van der Waals surface area contributed by atoms with E-state index in [1.807, 2.05) is 71.1 Å². The molecule has 0 unspecified atom stereocenters. The van der Waals surface area contributed by atoms with Gasteiger partial charge in [-0.1, -0.05) is 36.4 Å². The van der Waals surface area contributed by atoms with Crippen molar-refractivity contribution in [2.75, 3.05) is 12.0 Å². The summed E-state index contributed by atoms with van der Waals surface area (Å²) in [7, 11) is -3.84. The molecule has 0 spiro atoms. The van der Waals surface area contributed by atoms with Gasteiger partial charge in [0.05, 0.1) is 21.4 Å². The van der Waals surface area contributed by atoms with Crippen molar-refractivity contribution in [3.05, 3.63) is 65.3 Å². The van der Waals surface area contributed by atoms with Gasteiger partial charge in [0, 0.05) is 41.0 Å². The van der Waals surface area contributed by atoms with Crippen molar-refractivity contribution in [2.24, 2.45) is 0 Å². The predicted molar refractivity (Wildman–Crippen MR) is 176 cm³/mol. The molecular formula is C33H45N5O4S2. The minimum atomic E-state index is -3.84. The molecule has 1 heterocycles. The summed E-state index contributed by atoms with van der Waals surface area (Å²) in [4.78, 5) is 18.3. The van der Waals surface area contributed by atoms with Gasteiger partial charge in [-0.25, -0.2) is 22.9 Å². The second-order valence-electron chi connectivity index (χ2n) is 13.5. The Morgan fingerprint density at radius 1 is 1.02 bits per heavy atom. The maximum atomic E-state index is 13.7. The molecule has 2 aromatic carbocycles. The molecule has 3 aromatic rings. The molecule has 3 aliphatic carbocycles. The third kappa shape index (κ3) is 7.62. The van der Waals surface area contributed by atoms with Crippen LogP contribution < -0.4 is 20.7 Å². The first-order valence-electron chi connectivity index (χ1n) is 15.4. The number of alkyl carbamates (subject to hydrolysis) is 1. The van der Waals surface area contributed by atoms with Crippen molar-refractivity contribution in [1.82, 2.24) is 20.3 Å². The quantitative estimate of drug-likeness (QED) is 0.139. The fraction of sp³-hybridized carbons (Fsp3) is 0.515. The lowest BCUT2D eigenvalue weighted by molar-refractivity contribution is -0.0750. The van der Waals surface area contributed by atoms with Gasteiger partial charge >= 0.3 is 6.09 Å². The zero-order chi connectivity index (χ0) is 31.6. The van der Waals surface area contributed by atoms with Crippen LogP contribution in [-0.2, 0) is 26.7 Å². The molecule has 3 aliphatic rings. The minimum absolute atomic E-state index is 0.0346. The first-order chi connectivity index (χ1) is 20.8. The fourth-order valence-corrected chi connectivity index (χ4v) is 9.17. The zero-order valence-electron chi connectivity index (χ0n) is 26.3. The van der Waals surface area contributed by atoms with E-state index >= 15 is 0 Å². The van der Waals surface area contributed by atoms with Crippen LogP contribution in [0.5, 0.6) is 0 Å². The molecule has 3 saturated carbocycles. The molecule has 0 aliphatic heterocycles. The molecule has 0 radical (unpaired) electrons. The van der Waals surface area contributed by atoms with E-state index in [1.165, 1.54) is 5.56 Å². The van der Waals surface area contributed by atoms with Crippen LogP contribution in [0.4, 0.5) is 10.5 Å². The summed E-state index contributed by atoms with van der Waals surface area (Å²) in [6.07, 6.45) is 6.58. The number of carbonyl (C=O) groups excluding carboxylic acids is 1. The lowest BCUT2D eigenvalue weighted by Gasteiger charge is -2.51. The molecule has 3 fully saturated rings. The van der Waals surface area contributed by atoms with Gasteiger partial charge in [0.15, 0.2) is 0 Å². The van der Waals surface area contributed by atoms with Crippen molar-refractivity contribution < 1.29 is 17.9 Å². The number of nitrogens with zero attached hydrogens (tertiary/aromatic N) is 1. The first kappa shape index (κ1) is 32.4. The van der Waals surface area contributed by atoms with Crippen LogP contribution in [0.3, 0.4) is 0 Å². The summed E-state index contributed by atoms with van der Waals surface area (Å²) in [5.74, 6) is 0. The van der Waals surface area contributed by atoms with Crippen LogP contribution in [0.15, 0.2) is 59.6 Å². The van der Waals surface area contributed by atoms with Crippen LogP contribution >= 0.6 is 11.3 Å². The van der Waals surface area contributed by atoms with E-state index in [0.717, 1.165) is 48.4 Å². The fourth-order valence-electron chi connectivity index (χ4n) is 6.21. The van der Waals surface area contributed by atoms with Crippen LogP contribution in [-0.4, -0.2) is 43.3 Å². The monoisotopic (exact) mass is 639 g/mol. The van der Waals surface area contributed by atoms with Gasteiger partial charge < -0.3 is 15.4 Å². The molecule has 44 heavy (non-hydrogen) atoms. The molecule has 1 aromatic heterocycles. The van der Waals surface area contributed by atoms with Crippen LogP contribution in [0.25, 0.3) is 10.4 Å². The number of anilines is 1. The number of fused-ring (bicyclic) bond motifs is 3. The Morgan fingerprint density at radius 2 is 1.70 bits per heavy atom. The van der Waals surface area contributed by atoms with Gasteiger partial charge in [-0.2, -0.15) is 0 Å². The van der Waals surface area contributed by atoms with Crippen molar-refractivity contribution in [3.8, 4) is 10.4 Å². The smallest absolute Gasteiger partial charge is 0.407 e. The lowest BCUT2D eigenvalue weighted by Crippen LogP contribution is -2.52. The summed E-state index contributed by atoms with van der Waals surface area (Å²) in [5, 5.41) is 10.6. The van der Waals surface area contributed by atoms with E-state index in [4.69, 9.17) is 9.72 Å². The Hall–Kier alpha value is -2.99. The molecule has 1 amide bonds. The summed E-state index contributed by atoms with van der Waals surface area (Å²) in [5.41, 5.74) is 1.41. The number of amides is 1.